The highest BCUT2D eigenvalue weighted by atomic mass is 31.2. The summed E-state index contributed by atoms with van der Waals surface area (Å²) in [6.07, 6.45) is 55.7. The Kier molecular flexibility index (Phi) is 45.5. The van der Waals surface area contributed by atoms with Gasteiger partial charge in [0.15, 0.2) is 6.10 Å². The van der Waals surface area contributed by atoms with Crippen LogP contribution in [0, 0.1) is 0 Å². The normalized spacial score (nSPS) is 13.6. The Morgan fingerprint density at radius 2 is 0.897 bits per heavy atom. The minimum Gasteiger partial charge on any atom is -0.498 e. The average Bonchev–Trinajstić information content (AvgIpc) is 3.21. The number of ether oxygens (including phenoxy) is 2. The first-order valence-electron chi connectivity index (χ1n) is 24.5. The molecule has 0 radical (unpaired) electrons. The van der Waals surface area contributed by atoms with Crippen molar-refractivity contribution in [3.05, 3.63) is 36.6 Å². The van der Waals surface area contributed by atoms with E-state index in [4.69, 9.17) is 24.3 Å². The molecule has 0 aromatic rings. The summed E-state index contributed by atoms with van der Waals surface area (Å²) < 4.78 is 33.2. The summed E-state index contributed by atoms with van der Waals surface area (Å²) >= 11 is 0. The van der Waals surface area contributed by atoms with Crippen LogP contribution in [0.3, 0.4) is 0 Å². The summed E-state index contributed by atoms with van der Waals surface area (Å²) in [4.78, 5) is 22.5. The number of nitrogens with two attached hydrogens (primary N) is 1. The second-order valence-corrected chi connectivity index (χ2v) is 17.8. The quantitative estimate of drug-likeness (QED) is 0.0205. The highest BCUT2D eigenvalue weighted by Gasteiger charge is 2.25. The van der Waals surface area contributed by atoms with Crippen molar-refractivity contribution in [1.82, 2.24) is 0 Å². The van der Waals surface area contributed by atoms with Crippen molar-refractivity contribution in [3.8, 4) is 0 Å². The lowest BCUT2D eigenvalue weighted by molar-refractivity contribution is -0.153. The third-order valence-corrected chi connectivity index (χ3v) is 11.6. The van der Waals surface area contributed by atoms with Gasteiger partial charge in [0, 0.05) is 13.0 Å². The molecule has 0 aliphatic rings. The molecule has 0 aliphatic carbocycles. The van der Waals surface area contributed by atoms with Gasteiger partial charge in [0.05, 0.1) is 19.5 Å². The smallest absolute Gasteiger partial charge is 0.472 e. The zero-order valence-corrected chi connectivity index (χ0v) is 38.9. The van der Waals surface area contributed by atoms with E-state index in [1.165, 1.54) is 180 Å². The van der Waals surface area contributed by atoms with Crippen molar-refractivity contribution < 1.29 is 32.8 Å². The monoisotopic (exact) mass is 840 g/mol. The number of phosphoric acid groups is 1. The molecule has 2 atom stereocenters. The summed E-state index contributed by atoms with van der Waals surface area (Å²) in [5, 5.41) is 0. The molecule has 0 saturated carbocycles. The van der Waals surface area contributed by atoms with Crippen LogP contribution in [0.15, 0.2) is 36.6 Å². The predicted molar refractivity (Wildman–Crippen MR) is 247 cm³/mol. The number of hydrogen-bond acceptors (Lipinski definition) is 7. The van der Waals surface area contributed by atoms with E-state index in [9.17, 15) is 14.3 Å². The molecule has 0 fully saturated rings. The number of hydrogen-bond donors (Lipinski definition) is 2. The number of unbranched alkanes of at least 4 members (excludes halogenated alkanes) is 30. The first kappa shape index (κ1) is 56.6. The molecule has 0 aromatic carbocycles. The van der Waals surface area contributed by atoms with Crippen molar-refractivity contribution >= 4 is 13.8 Å². The van der Waals surface area contributed by atoms with Crippen molar-refractivity contribution in [2.75, 3.05) is 26.4 Å². The third-order valence-electron chi connectivity index (χ3n) is 10.6. The van der Waals surface area contributed by atoms with Crippen LogP contribution >= 0.6 is 7.82 Å². The number of phosphoric ester groups is 1. The van der Waals surface area contributed by atoms with Crippen LogP contribution in [0.4, 0.5) is 0 Å². The number of carbonyl (C=O) groups excluding carboxylic acids is 1. The van der Waals surface area contributed by atoms with E-state index in [2.05, 4.69) is 38.2 Å². The summed E-state index contributed by atoms with van der Waals surface area (Å²) in [5.74, 6) is -0.390. The standard InChI is InChI=1S/C49H94NO7P/c1-3-5-7-9-11-13-15-17-19-21-22-23-24-25-26-27-28-30-32-34-36-38-40-42-49(51)57-48(47-56-58(52,53)55-45-43-50)46-54-44-41-39-37-35-33-31-29-20-18-16-14-12-10-8-6-4-2/h27-28,34,36,41,44,48H,3-26,29-33,35,37-40,42-43,45-47,50H2,1-2H3,(H,52,53)/b28-27+,36-34+,44-41+/t48-/m1/s1. The number of carbonyl (C=O) groups is 1. The molecule has 0 spiro atoms. The van der Waals surface area contributed by atoms with Gasteiger partial charge >= 0.3 is 13.8 Å². The first-order chi connectivity index (χ1) is 28.4. The lowest BCUT2D eigenvalue weighted by atomic mass is 10.0. The Balaban J connectivity index is 4.04. The van der Waals surface area contributed by atoms with Gasteiger partial charge < -0.3 is 20.1 Å². The van der Waals surface area contributed by atoms with Crippen LogP contribution in [0.5, 0.6) is 0 Å². The van der Waals surface area contributed by atoms with Crippen LogP contribution in [-0.4, -0.2) is 43.3 Å². The van der Waals surface area contributed by atoms with Gasteiger partial charge in [-0.05, 0) is 57.4 Å². The van der Waals surface area contributed by atoms with E-state index >= 15 is 0 Å². The molecular formula is C49H94NO7P. The molecule has 0 heterocycles. The Labute approximate surface area is 358 Å². The molecule has 0 aromatic heterocycles. The highest BCUT2D eigenvalue weighted by Crippen LogP contribution is 2.43. The van der Waals surface area contributed by atoms with E-state index in [1.54, 1.807) is 6.26 Å². The van der Waals surface area contributed by atoms with Crippen LogP contribution < -0.4 is 5.73 Å². The van der Waals surface area contributed by atoms with E-state index in [-0.39, 0.29) is 38.8 Å². The third kappa shape index (κ3) is 45.6. The number of allylic oxidation sites excluding steroid dienone is 5. The molecular weight excluding hydrogens is 746 g/mol. The molecule has 8 nitrogen and oxygen atoms in total. The highest BCUT2D eigenvalue weighted by molar-refractivity contribution is 7.47. The van der Waals surface area contributed by atoms with Crippen molar-refractivity contribution in [3.63, 3.8) is 0 Å². The molecule has 1 unspecified atom stereocenters. The fraction of sp³-hybridized carbons (Fsp3) is 0.857. The van der Waals surface area contributed by atoms with Crippen molar-refractivity contribution in [2.24, 2.45) is 5.73 Å². The van der Waals surface area contributed by atoms with E-state index in [0.29, 0.717) is 6.42 Å². The molecule has 0 saturated heterocycles. The Hall–Kier alpha value is -1.44. The first-order valence-corrected chi connectivity index (χ1v) is 26.0. The topological polar surface area (TPSA) is 117 Å². The van der Waals surface area contributed by atoms with Crippen molar-refractivity contribution in [2.45, 2.75) is 245 Å². The molecule has 342 valence electrons. The fourth-order valence-electron chi connectivity index (χ4n) is 6.98. The van der Waals surface area contributed by atoms with Gasteiger partial charge in [-0.15, -0.1) is 0 Å². The van der Waals surface area contributed by atoms with Crippen LogP contribution in [-0.2, 0) is 27.9 Å². The summed E-state index contributed by atoms with van der Waals surface area (Å²) in [6, 6.07) is 0. The fourth-order valence-corrected chi connectivity index (χ4v) is 7.75. The lowest BCUT2D eigenvalue weighted by Gasteiger charge is -2.19. The van der Waals surface area contributed by atoms with E-state index in [1.807, 2.05) is 6.08 Å². The van der Waals surface area contributed by atoms with Gasteiger partial charge in [0.2, 0.25) is 0 Å². The molecule has 0 bridgehead atoms. The molecule has 9 heteroatoms. The van der Waals surface area contributed by atoms with E-state index < -0.39 is 13.9 Å². The molecule has 3 N–H and O–H groups in total. The maximum absolute atomic E-state index is 12.6. The van der Waals surface area contributed by atoms with Crippen LogP contribution in [0.1, 0.15) is 239 Å². The Morgan fingerprint density at radius 1 is 0.517 bits per heavy atom. The molecule has 0 amide bonds. The van der Waals surface area contributed by atoms with Gasteiger partial charge in [0.1, 0.15) is 6.61 Å². The lowest BCUT2D eigenvalue weighted by Crippen LogP contribution is -2.27. The minimum atomic E-state index is -4.30. The summed E-state index contributed by atoms with van der Waals surface area (Å²) in [7, 11) is -4.30. The van der Waals surface area contributed by atoms with Gasteiger partial charge in [-0.3, -0.25) is 13.8 Å². The Bertz CT molecular complexity index is 988. The zero-order chi connectivity index (χ0) is 42.3. The SMILES string of the molecule is CCCCCCCCCCCCCCCC/C=C/CC/C=C/CCCC(=O)O[C@H](CO/C=C/CCCCCCCCCCCCCCCC)COP(=O)(O)OCCN. The second-order valence-electron chi connectivity index (χ2n) is 16.4. The van der Waals surface area contributed by atoms with Gasteiger partial charge in [-0.25, -0.2) is 4.57 Å². The predicted octanol–water partition coefficient (Wildman–Crippen LogP) is 15.3. The van der Waals surface area contributed by atoms with Crippen LogP contribution in [0.2, 0.25) is 0 Å². The molecule has 0 aliphatic heterocycles. The van der Waals surface area contributed by atoms with Gasteiger partial charge in [-0.2, -0.15) is 0 Å². The largest absolute Gasteiger partial charge is 0.498 e. The second kappa shape index (κ2) is 46.6. The average molecular weight is 840 g/mol. The number of esters is 1. The summed E-state index contributed by atoms with van der Waals surface area (Å²) in [6.45, 7) is 4.23. The molecule has 0 rings (SSSR count). The summed E-state index contributed by atoms with van der Waals surface area (Å²) in [5.41, 5.74) is 5.37. The maximum Gasteiger partial charge on any atom is 0.472 e. The zero-order valence-electron chi connectivity index (χ0n) is 38.0. The Morgan fingerprint density at radius 3 is 1.33 bits per heavy atom. The van der Waals surface area contributed by atoms with Gasteiger partial charge in [0.25, 0.3) is 0 Å². The van der Waals surface area contributed by atoms with E-state index in [0.717, 1.165) is 32.1 Å². The van der Waals surface area contributed by atoms with Gasteiger partial charge in [-0.1, -0.05) is 205 Å². The maximum atomic E-state index is 12.6. The molecule has 58 heavy (non-hydrogen) atoms. The van der Waals surface area contributed by atoms with Crippen LogP contribution in [0.25, 0.3) is 0 Å². The number of rotatable bonds is 47. The minimum absolute atomic E-state index is 0.0185. The van der Waals surface area contributed by atoms with Crippen molar-refractivity contribution in [1.29, 1.82) is 0 Å².